The van der Waals surface area contributed by atoms with E-state index in [1.807, 2.05) is 20.8 Å². The summed E-state index contributed by atoms with van der Waals surface area (Å²) >= 11 is 0. The molecule has 0 aliphatic heterocycles. The molecule has 5 heteroatoms. The largest absolute Gasteiger partial charge is 0.481 e. The Kier molecular flexibility index (Phi) is 5.93. The molecule has 0 aromatic heterocycles. The van der Waals surface area contributed by atoms with Crippen LogP contribution in [0.5, 0.6) is 0 Å². The van der Waals surface area contributed by atoms with Crippen molar-refractivity contribution >= 4 is 11.9 Å². The lowest BCUT2D eigenvalue weighted by atomic mass is 10.0. The Labute approximate surface area is 90.0 Å². The molecule has 2 unspecified atom stereocenters. The van der Waals surface area contributed by atoms with E-state index in [4.69, 9.17) is 10.8 Å². The van der Waals surface area contributed by atoms with Gasteiger partial charge in [-0.05, 0) is 12.3 Å². The summed E-state index contributed by atoms with van der Waals surface area (Å²) in [6.45, 7) is 5.53. The number of carboxylic acid groups (broad SMARTS) is 1. The first-order valence-electron chi connectivity index (χ1n) is 5.16. The third-order valence-electron chi connectivity index (χ3n) is 2.28. The van der Waals surface area contributed by atoms with Crippen LogP contribution in [0.25, 0.3) is 0 Å². The Hall–Kier alpha value is -1.10. The molecule has 88 valence electrons. The van der Waals surface area contributed by atoms with Crippen LogP contribution in [0.15, 0.2) is 0 Å². The summed E-state index contributed by atoms with van der Waals surface area (Å²) < 4.78 is 0. The highest BCUT2D eigenvalue weighted by atomic mass is 16.4. The van der Waals surface area contributed by atoms with Crippen molar-refractivity contribution in [2.45, 2.75) is 45.7 Å². The van der Waals surface area contributed by atoms with E-state index in [9.17, 15) is 9.59 Å². The van der Waals surface area contributed by atoms with E-state index in [-0.39, 0.29) is 24.3 Å². The van der Waals surface area contributed by atoms with Crippen molar-refractivity contribution < 1.29 is 14.7 Å². The fourth-order valence-electron chi connectivity index (χ4n) is 1.11. The molecule has 0 rings (SSSR count). The normalized spacial score (nSPS) is 14.7. The maximum Gasteiger partial charge on any atom is 0.305 e. The summed E-state index contributed by atoms with van der Waals surface area (Å²) in [6, 6.07) is -0.910. The van der Waals surface area contributed by atoms with Gasteiger partial charge in [0.05, 0.1) is 12.5 Å². The molecule has 0 heterocycles. The number of amides is 1. The van der Waals surface area contributed by atoms with Crippen molar-refractivity contribution in [1.82, 2.24) is 5.32 Å². The van der Waals surface area contributed by atoms with Gasteiger partial charge in [-0.3, -0.25) is 9.59 Å². The van der Waals surface area contributed by atoms with Crippen molar-refractivity contribution in [1.29, 1.82) is 0 Å². The minimum atomic E-state index is -0.916. The van der Waals surface area contributed by atoms with Crippen molar-refractivity contribution in [3.63, 3.8) is 0 Å². The molecule has 0 spiro atoms. The van der Waals surface area contributed by atoms with Gasteiger partial charge < -0.3 is 16.2 Å². The zero-order chi connectivity index (χ0) is 12.0. The SMILES string of the molecule is CCC(CC(=O)O)NC(=O)C(N)C(C)C. The van der Waals surface area contributed by atoms with Gasteiger partial charge in [-0.25, -0.2) is 0 Å². The van der Waals surface area contributed by atoms with E-state index in [1.54, 1.807) is 0 Å². The molecule has 15 heavy (non-hydrogen) atoms. The lowest BCUT2D eigenvalue weighted by molar-refractivity contribution is -0.137. The summed E-state index contributed by atoms with van der Waals surface area (Å²) in [5, 5.41) is 11.2. The molecule has 1 amide bonds. The minimum Gasteiger partial charge on any atom is -0.481 e. The van der Waals surface area contributed by atoms with Crippen molar-refractivity contribution in [3.8, 4) is 0 Å². The van der Waals surface area contributed by atoms with E-state index in [2.05, 4.69) is 5.32 Å². The summed E-state index contributed by atoms with van der Waals surface area (Å²) in [6.07, 6.45) is 0.524. The second-order valence-corrected chi connectivity index (χ2v) is 3.98. The van der Waals surface area contributed by atoms with Crippen LogP contribution in [-0.2, 0) is 9.59 Å². The number of carbonyl (C=O) groups is 2. The molecule has 0 aliphatic rings. The monoisotopic (exact) mass is 216 g/mol. The number of hydrogen-bond acceptors (Lipinski definition) is 3. The molecular formula is C10H20N2O3. The molecule has 4 N–H and O–H groups in total. The number of hydrogen-bond donors (Lipinski definition) is 3. The van der Waals surface area contributed by atoms with E-state index >= 15 is 0 Å². The van der Waals surface area contributed by atoms with Gasteiger partial charge in [-0.15, -0.1) is 0 Å². The molecule has 0 bridgehead atoms. The third-order valence-corrected chi connectivity index (χ3v) is 2.28. The third kappa shape index (κ3) is 5.37. The molecule has 0 aromatic rings. The van der Waals surface area contributed by atoms with Crippen molar-refractivity contribution in [2.24, 2.45) is 11.7 Å². The van der Waals surface area contributed by atoms with Gasteiger partial charge in [-0.2, -0.15) is 0 Å². The van der Waals surface area contributed by atoms with E-state index in [1.165, 1.54) is 0 Å². The average Bonchev–Trinajstić information content (AvgIpc) is 2.14. The van der Waals surface area contributed by atoms with Gasteiger partial charge in [-0.1, -0.05) is 20.8 Å². The number of nitrogens with one attached hydrogen (secondary N) is 1. The zero-order valence-electron chi connectivity index (χ0n) is 9.49. The Morgan fingerprint density at radius 1 is 1.40 bits per heavy atom. The van der Waals surface area contributed by atoms with Gasteiger partial charge in [0.1, 0.15) is 0 Å². The molecule has 0 radical (unpaired) electrons. The first-order valence-corrected chi connectivity index (χ1v) is 5.16. The second-order valence-electron chi connectivity index (χ2n) is 3.98. The highest BCUT2D eigenvalue weighted by molar-refractivity contribution is 5.82. The maximum absolute atomic E-state index is 11.5. The molecule has 0 saturated carbocycles. The van der Waals surface area contributed by atoms with Crippen LogP contribution in [0.4, 0.5) is 0 Å². The number of aliphatic carboxylic acids is 1. The van der Waals surface area contributed by atoms with Gasteiger partial charge in [0, 0.05) is 6.04 Å². The van der Waals surface area contributed by atoms with Crippen LogP contribution in [0.2, 0.25) is 0 Å². The maximum atomic E-state index is 11.5. The quantitative estimate of drug-likeness (QED) is 0.597. The lowest BCUT2D eigenvalue weighted by Crippen LogP contribution is -2.48. The molecule has 0 saturated heterocycles. The summed E-state index contributed by atoms with van der Waals surface area (Å²) in [5.41, 5.74) is 5.63. The summed E-state index contributed by atoms with van der Waals surface area (Å²) in [5.74, 6) is -1.15. The minimum absolute atomic E-state index is 0.0485. The number of carboxylic acids is 1. The molecule has 5 nitrogen and oxygen atoms in total. The summed E-state index contributed by atoms with van der Waals surface area (Å²) in [4.78, 5) is 22.0. The number of carbonyl (C=O) groups excluding carboxylic acids is 1. The number of rotatable bonds is 6. The van der Waals surface area contributed by atoms with Gasteiger partial charge in [0.25, 0.3) is 0 Å². The molecule has 0 aromatic carbocycles. The lowest BCUT2D eigenvalue weighted by Gasteiger charge is -2.20. The number of nitrogens with two attached hydrogens (primary N) is 1. The summed E-state index contributed by atoms with van der Waals surface area (Å²) in [7, 11) is 0. The van der Waals surface area contributed by atoms with Crippen LogP contribution in [0.3, 0.4) is 0 Å². The molecular weight excluding hydrogens is 196 g/mol. The highest BCUT2D eigenvalue weighted by Gasteiger charge is 2.20. The van der Waals surface area contributed by atoms with Gasteiger partial charge in [0.15, 0.2) is 0 Å². The Morgan fingerprint density at radius 2 is 1.93 bits per heavy atom. The predicted molar refractivity (Wildman–Crippen MR) is 57.3 cm³/mol. The highest BCUT2D eigenvalue weighted by Crippen LogP contribution is 2.02. The fraction of sp³-hybridized carbons (Fsp3) is 0.800. The average molecular weight is 216 g/mol. The topological polar surface area (TPSA) is 92.4 Å². The van der Waals surface area contributed by atoms with Crippen LogP contribution in [-0.4, -0.2) is 29.1 Å². The van der Waals surface area contributed by atoms with Gasteiger partial charge in [0.2, 0.25) is 5.91 Å². The van der Waals surface area contributed by atoms with Crippen LogP contribution in [0.1, 0.15) is 33.6 Å². The Balaban J connectivity index is 4.18. The zero-order valence-corrected chi connectivity index (χ0v) is 9.49. The molecule has 0 aliphatic carbocycles. The smallest absolute Gasteiger partial charge is 0.305 e. The fourth-order valence-corrected chi connectivity index (χ4v) is 1.11. The van der Waals surface area contributed by atoms with Crippen LogP contribution in [0, 0.1) is 5.92 Å². The van der Waals surface area contributed by atoms with Crippen molar-refractivity contribution in [2.75, 3.05) is 0 Å². The first-order chi connectivity index (χ1) is 6.88. The Bertz CT molecular complexity index is 229. The van der Waals surface area contributed by atoms with Crippen molar-refractivity contribution in [3.05, 3.63) is 0 Å². The Morgan fingerprint density at radius 3 is 2.27 bits per heavy atom. The molecule has 0 fully saturated rings. The standard InChI is InChI=1S/C10H20N2O3/c1-4-7(5-8(13)14)12-10(15)9(11)6(2)3/h6-7,9H,4-5,11H2,1-3H3,(H,12,15)(H,13,14). The van der Waals surface area contributed by atoms with Gasteiger partial charge >= 0.3 is 5.97 Å². The predicted octanol–water partition coefficient (Wildman–Crippen LogP) is 0.339. The first kappa shape index (κ1) is 13.9. The van der Waals surface area contributed by atoms with E-state index in [0.717, 1.165) is 0 Å². The van der Waals surface area contributed by atoms with E-state index < -0.39 is 12.0 Å². The second kappa shape index (κ2) is 6.40. The molecule has 2 atom stereocenters. The van der Waals surface area contributed by atoms with E-state index in [0.29, 0.717) is 6.42 Å². The van der Waals surface area contributed by atoms with Crippen LogP contribution >= 0.6 is 0 Å². The van der Waals surface area contributed by atoms with Crippen LogP contribution < -0.4 is 11.1 Å².